The van der Waals surface area contributed by atoms with E-state index >= 15 is 0 Å². The zero-order valence-corrected chi connectivity index (χ0v) is 10.1. The van der Waals surface area contributed by atoms with Crippen LogP contribution in [0.25, 0.3) is 0 Å². The van der Waals surface area contributed by atoms with E-state index in [1.807, 2.05) is 6.92 Å². The summed E-state index contributed by atoms with van der Waals surface area (Å²) >= 11 is 1.57. The summed E-state index contributed by atoms with van der Waals surface area (Å²) in [5.74, 6) is 0.545. The lowest BCUT2D eigenvalue weighted by atomic mass is 10.0. The molecule has 0 aromatic carbocycles. The van der Waals surface area contributed by atoms with Crippen molar-refractivity contribution >= 4 is 11.8 Å². The Hall–Kier alpha value is 0.230. The summed E-state index contributed by atoms with van der Waals surface area (Å²) in [6.45, 7) is 6.40. The third-order valence-electron chi connectivity index (χ3n) is 2.07. The monoisotopic (exact) mass is 221 g/mol. The molecule has 0 saturated carbocycles. The molecule has 3 atom stereocenters. The van der Waals surface area contributed by atoms with Gasteiger partial charge in [0, 0.05) is 16.5 Å². The Morgan fingerprint density at radius 3 is 2.07 bits per heavy atom. The molecule has 0 aliphatic heterocycles. The number of hydrogen-bond acceptors (Lipinski definition) is 4. The fraction of sp³-hybridized carbons (Fsp3) is 1.00. The Morgan fingerprint density at radius 1 is 1.14 bits per heavy atom. The van der Waals surface area contributed by atoms with Gasteiger partial charge in [-0.3, -0.25) is 0 Å². The van der Waals surface area contributed by atoms with Gasteiger partial charge in [0.1, 0.15) is 0 Å². The molecule has 0 rings (SSSR count). The zero-order chi connectivity index (χ0) is 11.1. The summed E-state index contributed by atoms with van der Waals surface area (Å²) in [5, 5.41) is 18.3. The average Bonchev–Trinajstić information content (AvgIpc) is 2.12. The quantitative estimate of drug-likeness (QED) is 0.596. The van der Waals surface area contributed by atoms with E-state index in [1.54, 1.807) is 11.8 Å². The van der Waals surface area contributed by atoms with Crippen LogP contribution in [0.3, 0.4) is 0 Å². The lowest BCUT2D eigenvalue weighted by molar-refractivity contribution is 0.272. The van der Waals surface area contributed by atoms with E-state index < -0.39 is 0 Å². The molecule has 0 bridgehead atoms. The maximum atomic E-state index is 9.17. The van der Waals surface area contributed by atoms with Gasteiger partial charge in [0.15, 0.2) is 0 Å². The number of aliphatic hydroxyl groups excluding tert-OH is 2. The third kappa shape index (κ3) is 5.86. The van der Waals surface area contributed by atoms with E-state index in [4.69, 9.17) is 10.8 Å². The first-order chi connectivity index (χ1) is 6.51. The van der Waals surface area contributed by atoms with Gasteiger partial charge in [0.25, 0.3) is 0 Å². The highest BCUT2D eigenvalue weighted by Gasteiger charge is 2.20. The van der Waals surface area contributed by atoms with E-state index in [0.717, 1.165) is 6.42 Å². The molecule has 3 unspecified atom stereocenters. The summed E-state index contributed by atoms with van der Waals surface area (Å²) in [6, 6.07) is 0.0130. The molecule has 4 heteroatoms. The lowest BCUT2D eigenvalue weighted by Crippen LogP contribution is -2.37. The fourth-order valence-electron chi connectivity index (χ4n) is 1.32. The van der Waals surface area contributed by atoms with Crippen molar-refractivity contribution in [3.8, 4) is 0 Å². The average molecular weight is 221 g/mol. The molecule has 4 N–H and O–H groups in total. The van der Waals surface area contributed by atoms with E-state index in [9.17, 15) is 5.11 Å². The minimum atomic E-state index is 0.0130. The van der Waals surface area contributed by atoms with Crippen LogP contribution in [0.1, 0.15) is 27.2 Å². The lowest BCUT2D eigenvalue weighted by Gasteiger charge is -2.25. The van der Waals surface area contributed by atoms with E-state index in [2.05, 4.69) is 13.8 Å². The Balaban J connectivity index is 3.98. The minimum absolute atomic E-state index is 0.0130. The molecule has 0 heterocycles. The number of hydrogen-bond donors (Lipinski definition) is 3. The molecule has 0 fully saturated rings. The van der Waals surface area contributed by atoms with Crippen LogP contribution in [0.4, 0.5) is 0 Å². The molecule has 0 aromatic rings. The molecular weight excluding hydrogens is 198 g/mol. The predicted octanol–water partition coefficient (Wildman–Crippen LogP) is 0.835. The standard InChI is InChI=1S/C10H23NO2S/c1-7(2)4-9(11)10(6-13)14-8(3)5-12/h7-10,12-13H,4-6,11H2,1-3H3. The normalized spacial score (nSPS) is 18.2. The van der Waals surface area contributed by atoms with Crippen molar-refractivity contribution in [2.45, 2.75) is 43.7 Å². The Kier molecular flexibility index (Phi) is 7.64. The molecule has 0 saturated heterocycles. The van der Waals surface area contributed by atoms with Crippen LogP contribution in [-0.4, -0.2) is 40.0 Å². The highest BCUT2D eigenvalue weighted by Crippen LogP contribution is 2.22. The Bertz CT molecular complexity index is 144. The van der Waals surface area contributed by atoms with E-state index in [1.165, 1.54) is 0 Å². The van der Waals surface area contributed by atoms with E-state index in [-0.39, 0.29) is 29.8 Å². The van der Waals surface area contributed by atoms with Crippen LogP contribution >= 0.6 is 11.8 Å². The predicted molar refractivity (Wildman–Crippen MR) is 62.4 cm³/mol. The van der Waals surface area contributed by atoms with Gasteiger partial charge in [-0.1, -0.05) is 20.8 Å². The van der Waals surface area contributed by atoms with Gasteiger partial charge < -0.3 is 15.9 Å². The summed E-state index contributed by atoms with van der Waals surface area (Å²) < 4.78 is 0. The van der Waals surface area contributed by atoms with Crippen LogP contribution in [-0.2, 0) is 0 Å². The molecule has 0 amide bonds. The molecular formula is C10H23NO2S. The molecule has 0 spiro atoms. The van der Waals surface area contributed by atoms with Gasteiger partial charge in [0.05, 0.1) is 13.2 Å². The summed E-state index contributed by atoms with van der Waals surface area (Å²) in [5.41, 5.74) is 5.97. The van der Waals surface area contributed by atoms with E-state index in [0.29, 0.717) is 5.92 Å². The number of nitrogens with two attached hydrogens (primary N) is 1. The van der Waals surface area contributed by atoms with Crippen molar-refractivity contribution in [2.75, 3.05) is 13.2 Å². The molecule has 0 aliphatic rings. The van der Waals surface area contributed by atoms with Crippen molar-refractivity contribution in [3.05, 3.63) is 0 Å². The first-order valence-electron chi connectivity index (χ1n) is 5.14. The summed E-state index contributed by atoms with van der Waals surface area (Å²) in [6.07, 6.45) is 0.913. The third-order valence-corrected chi connectivity index (χ3v) is 3.53. The Morgan fingerprint density at radius 2 is 1.71 bits per heavy atom. The topological polar surface area (TPSA) is 66.5 Å². The molecule has 0 radical (unpaired) electrons. The van der Waals surface area contributed by atoms with Crippen molar-refractivity contribution in [3.63, 3.8) is 0 Å². The molecule has 3 nitrogen and oxygen atoms in total. The first kappa shape index (κ1) is 14.2. The highest BCUT2D eigenvalue weighted by molar-refractivity contribution is 8.00. The smallest absolute Gasteiger partial charge is 0.0565 e. The van der Waals surface area contributed by atoms with Gasteiger partial charge >= 0.3 is 0 Å². The van der Waals surface area contributed by atoms with Crippen molar-refractivity contribution in [1.82, 2.24) is 0 Å². The molecule has 86 valence electrons. The number of thioether (sulfide) groups is 1. The van der Waals surface area contributed by atoms with Crippen molar-refractivity contribution in [2.24, 2.45) is 11.7 Å². The minimum Gasteiger partial charge on any atom is -0.395 e. The van der Waals surface area contributed by atoms with Gasteiger partial charge in [-0.05, 0) is 12.3 Å². The van der Waals surface area contributed by atoms with Crippen LogP contribution < -0.4 is 5.73 Å². The van der Waals surface area contributed by atoms with Gasteiger partial charge in [-0.15, -0.1) is 11.8 Å². The van der Waals surface area contributed by atoms with Crippen molar-refractivity contribution < 1.29 is 10.2 Å². The second kappa shape index (κ2) is 7.51. The molecule has 0 aliphatic carbocycles. The second-order valence-corrected chi connectivity index (χ2v) is 5.83. The first-order valence-corrected chi connectivity index (χ1v) is 6.08. The molecule has 0 aromatic heterocycles. The van der Waals surface area contributed by atoms with Crippen LogP contribution in [0.15, 0.2) is 0 Å². The molecule has 14 heavy (non-hydrogen) atoms. The largest absolute Gasteiger partial charge is 0.395 e. The maximum Gasteiger partial charge on any atom is 0.0565 e. The van der Waals surface area contributed by atoms with Crippen LogP contribution in [0, 0.1) is 5.92 Å². The SMILES string of the molecule is CC(C)CC(N)C(CO)SC(C)CO. The van der Waals surface area contributed by atoms with Crippen molar-refractivity contribution in [1.29, 1.82) is 0 Å². The second-order valence-electron chi connectivity index (χ2n) is 4.14. The highest BCUT2D eigenvalue weighted by atomic mass is 32.2. The summed E-state index contributed by atoms with van der Waals surface area (Å²) in [7, 11) is 0. The zero-order valence-electron chi connectivity index (χ0n) is 9.31. The van der Waals surface area contributed by atoms with Gasteiger partial charge in [-0.25, -0.2) is 0 Å². The maximum absolute atomic E-state index is 9.17. The summed E-state index contributed by atoms with van der Waals surface area (Å²) in [4.78, 5) is 0. The van der Waals surface area contributed by atoms with Crippen LogP contribution in [0.2, 0.25) is 0 Å². The number of aliphatic hydroxyl groups is 2. The fourth-order valence-corrected chi connectivity index (χ4v) is 2.40. The van der Waals surface area contributed by atoms with Gasteiger partial charge in [-0.2, -0.15) is 0 Å². The number of rotatable bonds is 7. The Labute approximate surface area is 91.1 Å². The van der Waals surface area contributed by atoms with Crippen LogP contribution in [0.5, 0.6) is 0 Å². The van der Waals surface area contributed by atoms with Gasteiger partial charge in [0.2, 0.25) is 0 Å².